The van der Waals surface area contributed by atoms with E-state index >= 15 is 0 Å². The molecular formula is C10H12O2. The molecule has 2 heteroatoms. The van der Waals surface area contributed by atoms with Crippen LogP contribution in [-0.4, -0.2) is 5.78 Å². The van der Waals surface area contributed by atoms with Crippen molar-refractivity contribution in [3.05, 3.63) is 23.7 Å². The van der Waals surface area contributed by atoms with Gasteiger partial charge in [0.25, 0.3) is 0 Å². The summed E-state index contributed by atoms with van der Waals surface area (Å²) in [5.74, 6) is 0.723. The van der Waals surface area contributed by atoms with Gasteiger partial charge in [-0.1, -0.05) is 13.8 Å². The van der Waals surface area contributed by atoms with Crippen molar-refractivity contribution in [2.24, 2.45) is 5.41 Å². The lowest BCUT2D eigenvalue weighted by Gasteiger charge is -2.27. The molecule has 0 saturated carbocycles. The van der Waals surface area contributed by atoms with E-state index < -0.39 is 0 Å². The fourth-order valence-electron chi connectivity index (χ4n) is 1.81. The molecule has 2 nitrogen and oxygen atoms in total. The van der Waals surface area contributed by atoms with Crippen LogP contribution in [0, 0.1) is 5.41 Å². The molecule has 0 radical (unpaired) electrons. The minimum absolute atomic E-state index is 0.105. The highest BCUT2D eigenvalue weighted by atomic mass is 16.3. The molecule has 0 N–H and O–H groups in total. The summed E-state index contributed by atoms with van der Waals surface area (Å²) in [6.45, 7) is 4.22. The molecule has 1 aromatic heterocycles. The first-order valence-electron chi connectivity index (χ1n) is 4.18. The van der Waals surface area contributed by atoms with Gasteiger partial charge in [-0.25, -0.2) is 0 Å². The van der Waals surface area contributed by atoms with E-state index in [9.17, 15) is 4.79 Å². The molecule has 0 aliphatic heterocycles. The Labute approximate surface area is 71.6 Å². The average molecular weight is 164 g/mol. The lowest BCUT2D eigenvalue weighted by Crippen LogP contribution is -2.25. The third kappa shape index (κ3) is 1.07. The molecular weight excluding hydrogens is 152 g/mol. The van der Waals surface area contributed by atoms with Crippen molar-refractivity contribution in [3.8, 4) is 0 Å². The number of Topliss-reactive ketones (excluding diaryl/α,β-unsaturated/α-hetero) is 1. The summed E-state index contributed by atoms with van der Waals surface area (Å²) in [6, 6.07) is 1.90. The van der Waals surface area contributed by atoms with E-state index in [4.69, 9.17) is 4.42 Å². The van der Waals surface area contributed by atoms with Gasteiger partial charge in [0, 0.05) is 12.0 Å². The molecule has 0 aromatic carbocycles. The number of hydrogen-bond acceptors (Lipinski definition) is 2. The summed E-state index contributed by atoms with van der Waals surface area (Å²) >= 11 is 0. The van der Waals surface area contributed by atoms with Crippen molar-refractivity contribution < 1.29 is 9.21 Å². The summed E-state index contributed by atoms with van der Waals surface area (Å²) in [5, 5.41) is 0. The predicted molar refractivity (Wildman–Crippen MR) is 45.1 cm³/mol. The first-order valence-corrected chi connectivity index (χ1v) is 4.18. The van der Waals surface area contributed by atoms with Gasteiger partial charge in [-0.15, -0.1) is 0 Å². The van der Waals surface area contributed by atoms with Crippen LogP contribution in [0.4, 0.5) is 0 Å². The zero-order chi connectivity index (χ0) is 8.77. The number of carbonyl (C=O) groups is 1. The molecule has 1 aliphatic rings. The Balaban J connectivity index is 2.45. The van der Waals surface area contributed by atoms with Gasteiger partial charge in [-0.2, -0.15) is 0 Å². The standard InChI is InChI=1S/C10H12O2/c1-10(2)5-7-3-4-12-9(7)8(11)6-10/h3-4H,5-6H2,1-2H3. The summed E-state index contributed by atoms with van der Waals surface area (Å²) in [6.07, 6.45) is 3.15. The van der Waals surface area contributed by atoms with Crippen molar-refractivity contribution >= 4 is 5.78 Å². The average Bonchev–Trinajstić information content (AvgIpc) is 2.31. The zero-order valence-corrected chi connectivity index (χ0v) is 7.39. The van der Waals surface area contributed by atoms with Gasteiger partial charge in [0.1, 0.15) is 0 Å². The molecule has 0 fully saturated rings. The minimum atomic E-state index is 0.105. The number of rotatable bonds is 0. The van der Waals surface area contributed by atoms with Crippen molar-refractivity contribution in [2.45, 2.75) is 26.7 Å². The summed E-state index contributed by atoms with van der Waals surface area (Å²) in [4.78, 5) is 11.5. The summed E-state index contributed by atoms with van der Waals surface area (Å²) in [5.41, 5.74) is 1.17. The van der Waals surface area contributed by atoms with Crippen LogP contribution >= 0.6 is 0 Å². The van der Waals surface area contributed by atoms with Gasteiger partial charge in [-0.3, -0.25) is 4.79 Å². The smallest absolute Gasteiger partial charge is 0.198 e. The third-order valence-electron chi connectivity index (χ3n) is 2.31. The molecule has 0 atom stereocenters. The summed E-state index contributed by atoms with van der Waals surface area (Å²) < 4.78 is 5.11. The van der Waals surface area contributed by atoms with Crippen molar-refractivity contribution in [1.29, 1.82) is 0 Å². The Morgan fingerprint density at radius 1 is 1.42 bits per heavy atom. The van der Waals surface area contributed by atoms with Crippen LogP contribution in [0.1, 0.15) is 36.4 Å². The molecule has 1 aromatic rings. The number of hydrogen-bond donors (Lipinski definition) is 0. The second kappa shape index (κ2) is 2.22. The van der Waals surface area contributed by atoms with Crippen molar-refractivity contribution in [1.82, 2.24) is 0 Å². The second-order valence-electron chi connectivity index (χ2n) is 4.22. The molecule has 0 amide bonds. The van der Waals surface area contributed by atoms with Crippen LogP contribution < -0.4 is 0 Å². The van der Waals surface area contributed by atoms with Crippen LogP contribution in [0.2, 0.25) is 0 Å². The monoisotopic (exact) mass is 164 g/mol. The molecule has 0 unspecified atom stereocenters. The number of ketones is 1. The van der Waals surface area contributed by atoms with E-state index in [1.54, 1.807) is 6.26 Å². The topological polar surface area (TPSA) is 30.2 Å². The largest absolute Gasteiger partial charge is 0.461 e. The maximum Gasteiger partial charge on any atom is 0.198 e. The lowest BCUT2D eigenvalue weighted by atomic mass is 9.76. The zero-order valence-electron chi connectivity index (χ0n) is 7.39. The van der Waals surface area contributed by atoms with Crippen molar-refractivity contribution in [2.75, 3.05) is 0 Å². The highest BCUT2D eigenvalue weighted by Gasteiger charge is 2.32. The first-order chi connectivity index (χ1) is 5.58. The quantitative estimate of drug-likeness (QED) is 0.589. The van der Waals surface area contributed by atoms with Gasteiger partial charge in [0.15, 0.2) is 11.5 Å². The van der Waals surface area contributed by atoms with Gasteiger partial charge in [-0.05, 0) is 17.9 Å². The fraction of sp³-hybridized carbons (Fsp3) is 0.500. The van der Waals surface area contributed by atoms with E-state index in [-0.39, 0.29) is 11.2 Å². The van der Waals surface area contributed by atoms with Gasteiger partial charge >= 0.3 is 0 Å². The Morgan fingerprint density at radius 2 is 2.17 bits per heavy atom. The molecule has 12 heavy (non-hydrogen) atoms. The van der Waals surface area contributed by atoms with Gasteiger partial charge in [0.2, 0.25) is 0 Å². The van der Waals surface area contributed by atoms with E-state index in [1.807, 2.05) is 6.07 Å². The van der Waals surface area contributed by atoms with E-state index in [0.717, 1.165) is 12.0 Å². The first kappa shape index (κ1) is 7.59. The van der Waals surface area contributed by atoms with Crippen LogP contribution in [-0.2, 0) is 6.42 Å². The van der Waals surface area contributed by atoms with Crippen molar-refractivity contribution in [3.63, 3.8) is 0 Å². The van der Waals surface area contributed by atoms with Gasteiger partial charge < -0.3 is 4.42 Å². The Kier molecular flexibility index (Phi) is 1.40. The van der Waals surface area contributed by atoms with Crippen LogP contribution in [0.3, 0.4) is 0 Å². The van der Waals surface area contributed by atoms with E-state index in [0.29, 0.717) is 12.2 Å². The van der Waals surface area contributed by atoms with Gasteiger partial charge in [0.05, 0.1) is 6.26 Å². The molecule has 64 valence electrons. The predicted octanol–water partition coefficient (Wildman–Crippen LogP) is 2.43. The maximum atomic E-state index is 11.5. The fourth-order valence-corrected chi connectivity index (χ4v) is 1.81. The SMILES string of the molecule is CC1(C)CC(=O)c2occc2C1. The van der Waals surface area contributed by atoms with E-state index in [1.165, 1.54) is 0 Å². The number of fused-ring (bicyclic) bond motifs is 1. The van der Waals surface area contributed by atoms with Crippen LogP contribution in [0.25, 0.3) is 0 Å². The molecule has 2 rings (SSSR count). The molecule has 0 bridgehead atoms. The maximum absolute atomic E-state index is 11.5. The van der Waals surface area contributed by atoms with Crippen LogP contribution in [0.15, 0.2) is 16.7 Å². The Morgan fingerprint density at radius 3 is 2.92 bits per heavy atom. The Hall–Kier alpha value is -1.05. The Bertz CT molecular complexity index is 320. The molecule has 1 heterocycles. The second-order valence-corrected chi connectivity index (χ2v) is 4.22. The lowest BCUT2D eigenvalue weighted by molar-refractivity contribution is 0.0880. The number of furan rings is 1. The van der Waals surface area contributed by atoms with Crippen LogP contribution in [0.5, 0.6) is 0 Å². The normalized spacial score (nSPS) is 20.7. The highest BCUT2D eigenvalue weighted by Crippen LogP contribution is 2.34. The number of carbonyl (C=O) groups excluding carboxylic acids is 1. The van der Waals surface area contributed by atoms with E-state index in [2.05, 4.69) is 13.8 Å². The molecule has 1 aliphatic carbocycles. The third-order valence-corrected chi connectivity index (χ3v) is 2.31. The summed E-state index contributed by atoms with van der Waals surface area (Å²) in [7, 11) is 0. The molecule has 0 spiro atoms. The minimum Gasteiger partial charge on any atom is -0.461 e. The molecule has 0 saturated heterocycles. The highest BCUT2D eigenvalue weighted by molar-refractivity contribution is 5.96.